The second-order valence-electron chi connectivity index (χ2n) is 6.37. The fraction of sp³-hybridized carbons (Fsp3) is 0.250. The van der Waals surface area contributed by atoms with E-state index in [0.717, 1.165) is 28.9 Å². The Morgan fingerprint density at radius 3 is 2.68 bits per heavy atom. The van der Waals surface area contributed by atoms with Crippen molar-refractivity contribution in [1.29, 1.82) is 0 Å². The number of hydrogen-bond donors (Lipinski definition) is 0. The Bertz CT molecular complexity index is 805. The molecule has 130 valence electrons. The molecular formula is C20H20BrClN2S. The average Bonchev–Trinajstić information content (AvgIpc) is 3.07. The maximum Gasteiger partial charge on any atom is 0.0946 e. The summed E-state index contributed by atoms with van der Waals surface area (Å²) in [6.07, 6.45) is 7.83. The highest BCUT2D eigenvalue weighted by molar-refractivity contribution is 9.10. The molecule has 0 bridgehead atoms. The van der Waals surface area contributed by atoms with Gasteiger partial charge in [0.2, 0.25) is 0 Å². The fourth-order valence-electron chi connectivity index (χ4n) is 2.80. The number of benzene rings is 2. The molecule has 0 spiro atoms. The molecule has 0 aliphatic rings. The Labute approximate surface area is 166 Å². The molecule has 5 heteroatoms. The van der Waals surface area contributed by atoms with Crippen LogP contribution in [0.5, 0.6) is 0 Å². The zero-order valence-electron chi connectivity index (χ0n) is 14.0. The molecule has 1 unspecified atom stereocenters. The van der Waals surface area contributed by atoms with Gasteiger partial charge < -0.3 is 4.57 Å². The lowest BCUT2D eigenvalue weighted by molar-refractivity contribution is 0.495. The molecule has 0 amide bonds. The quantitative estimate of drug-likeness (QED) is 0.395. The third-order valence-electron chi connectivity index (χ3n) is 4.09. The van der Waals surface area contributed by atoms with Gasteiger partial charge in [0.15, 0.2) is 0 Å². The minimum atomic E-state index is 0.0567. The van der Waals surface area contributed by atoms with E-state index < -0.39 is 0 Å². The van der Waals surface area contributed by atoms with Crippen LogP contribution >= 0.6 is 39.3 Å². The van der Waals surface area contributed by atoms with Gasteiger partial charge in [-0.2, -0.15) is 0 Å². The van der Waals surface area contributed by atoms with Gasteiger partial charge in [0.05, 0.1) is 6.33 Å². The molecule has 0 radical (unpaired) electrons. The minimum absolute atomic E-state index is 0.0567. The van der Waals surface area contributed by atoms with Crippen LogP contribution in [0.25, 0.3) is 0 Å². The predicted molar refractivity (Wildman–Crippen MR) is 110 cm³/mol. The summed E-state index contributed by atoms with van der Waals surface area (Å²) in [5.41, 5.74) is 1.32. The van der Waals surface area contributed by atoms with Gasteiger partial charge in [-0.25, -0.2) is 4.98 Å². The summed E-state index contributed by atoms with van der Waals surface area (Å²) in [5, 5.41) is 0.786. The molecule has 3 rings (SSSR count). The molecule has 1 atom stereocenters. The molecule has 2 nitrogen and oxygen atoms in total. The first-order valence-corrected chi connectivity index (χ1v) is 10.2. The Morgan fingerprint density at radius 2 is 2.00 bits per heavy atom. The molecule has 2 aromatic carbocycles. The SMILES string of the molecule is CC(CCc1ccc(Cl)cc1)(Cn1ccnc1)Sc1cccc(Br)c1. The summed E-state index contributed by atoms with van der Waals surface area (Å²) in [6.45, 7) is 3.24. The average molecular weight is 436 g/mol. The first-order valence-electron chi connectivity index (χ1n) is 8.17. The van der Waals surface area contributed by atoms with Gasteiger partial charge in [-0.05, 0) is 55.7 Å². The zero-order chi connectivity index (χ0) is 17.7. The van der Waals surface area contributed by atoms with Crippen molar-refractivity contribution in [3.05, 3.63) is 82.3 Å². The summed E-state index contributed by atoms with van der Waals surface area (Å²) in [6, 6.07) is 16.7. The van der Waals surface area contributed by atoms with Gasteiger partial charge >= 0.3 is 0 Å². The van der Waals surface area contributed by atoms with Crippen LogP contribution in [0, 0.1) is 0 Å². The van der Waals surface area contributed by atoms with E-state index >= 15 is 0 Å². The van der Waals surface area contributed by atoms with Crippen molar-refractivity contribution in [2.75, 3.05) is 0 Å². The first-order chi connectivity index (χ1) is 12.0. The lowest BCUT2D eigenvalue weighted by atomic mass is 10.00. The van der Waals surface area contributed by atoms with Crippen molar-refractivity contribution >= 4 is 39.3 Å². The van der Waals surface area contributed by atoms with E-state index in [2.05, 4.69) is 68.8 Å². The van der Waals surface area contributed by atoms with Crippen LogP contribution < -0.4 is 0 Å². The predicted octanol–water partition coefficient (Wildman–Crippen LogP) is 6.48. The lowest BCUT2D eigenvalue weighted by Crippen LogP contribution is -2.27. The fourth-order valence-corrected chi connectivity index (χ4v) is 4.80. The lowest BCUT2D eigenvalue weighted by Gasteiger charge is -2.30. The van der Waals surface area contributed by atoms with Crippen LogP contribution in [0.3, 0.4) is 0 Å². The number of nitrogens with zero attached hydrogens (tertiary/aromatic N) is 2. The van der Waals surface area contributed by atoms with Crippen LogP contribution in [0.2, 0.25) is 5.02 Å². The maximum absolute atomic E-state index is 6.00. The molecule has 1 aromatic heterocycles. The Balaban J connectivity index is 1.76. The van der Waals surface area contributed by atoms with Crippen molar-refractivity contribution in [3.8, 4) is 0 Å². The summed E-state index contributed by atoms with van der Waals surface area (Å²) >= 11 is 11.5. The van der Waals surface area contributed by atoms with E-state index in [1.807, 2.05) is 42.6 Å². The maximum atomic E-state index is 6.00. The smallest absolute Gasteiger partial charge is 0.0946 e. The van der Waals surface area contributed by atoms with Crippen molar-refractivity contribution in [2.45, 2.75) is 36.0 Å². The van der Waals surface area contributed by atoms with Crippen LogP contribution in [0.4, 0.5) is 0 Å². The van der Waals surface area contributed by atoms with E-state index in [4.69, 9.17) is 11.6 Å². The number of hydrogen-bond acceptors (Lipinski definition) is 2. The zero-order valence-corrected chi connectivity index (χ0v) is 17.2. The van der Waals surface area contributed by atoms with Gasteiger partial charge in [0, 0.05) is 38.1 Å². The Kier molecular flexibility index (Phi) is 6.26. The Morgan fingerprint density at radius 1 is 1.20 bits per heavy atom. The summed E-state index contributed by atoms with van der Waals surface area (Å²) in [5.74, 6) is 0. The van der Waals surface area contributed by atoms with Crippen molar-refractivity contribution < 1.29 is 0 Å². The Hall–Kier alpha value is -1.23. The molecule has 0 aliphatic carbocycles. The molecule has 0 aliphatic heterocycles. The molecule has 0 saturated heterocycles. The number of halogens is 2. The number of aryl methyl sites for hydroxylation is 1. The molecule has 3 aromatic rings. The van der Waals surface area contributed by atoms with Crippen LogP contribution in [0.1, 0.15) is 18.9 Å². The first kappa shape index (κ1) is 18.6. The number of aromatic nitrogens is 2. The number of imidazole rings is 1. The van der Waals surface area contributed by atoms with E-state index in [-0.39, 0.29) is 4.75 Å². The van der Waals surface area contributed by atoms with E-state index in [9.17, 15) is 0 Å². The highest BCUT2D eigenvalue weighted by atomic mass is 79.9. The van der Waals surface area contributed by atoms with Crippen LogP contribution in [-0.2, 0) is 13.0 Å². The van der Waals surface area contributed by atoms with Gasteiger partial charge in [0.25, 0.3) is 0 Å². The normalized spacial score (nSPS) is 13.6. The largest absolute Gasteiger partial charge is 0.336 e. The third-order valence-corrected chi connectivity index (χ3v) is 6.15. The molecule has 25 heavy (non-hydrogen) atoms. The molecule has 0 fully saturated rings. The molecule has 1 heterocycles. The standard InChI is InChI=1S/C20H20BrClN2S/c1-20(14-24-12-11-23-15-24,25-19-4-2-3-17(21)13-19)10-9-16-5-7-18(22)8-6-16/h2-8,11-13,15H,9-10,14H2,1H3. The molecular weight excluding hydrogens is 416 g/mol. The number of thioether (sulfide) groups is 1. The van der Waals surface area contributed by atoms with Crippen LogP contribution in [-0.4, -0.2) is 14.3 Å². The topological polar surface area (TPSA) is 17.8 Å². The minimum Gasteiger partial charge on any atom is -0.336 e. The molecule has 0 saturated carbocycles. The second kappa shape index (κ2) is 8.43. The van der Waals surface area contributed by atoms with E-state index in [1.54, 1.807) is 0 Å². The third kappa shape index (κ3) is 5.63. The summed E-state index contributed by atoms with van der Waals surface area (Å²) in [4.78, 5) is 5.46. The van der Waals surface area contributed by atoms with Gasteiger partial charge in [-0.15, -0.1) is 11.8 Å². The monoisotopic (exact) mass is 434 g/mol. The van der Waals surface area contributed by atoms with Gasteiger partial charge in [-0.1, -0.05) is 45.7 Å². The second-order valence-corrected chi connectivity index (χ2v) is 9.38. The molecule has 0 N–H and O–H groups in total. The highest BCUT2D eigenvalue weighted by Crippen LogP contribution is 2.38. The van der Waals surface area contributed by atoms with E-state index in [1.165, 1.54) is 10.5 Å². The highest BCUT2D eigenvalue weighted by Gasteiger charge is 2.26. The summed E-state index contributed by atoms with van der Waals surface area (Å²) < 4.78 is 3.33. The van der Waals surface area contributed by atoms with E-state index in [0.29, 0.717) is 0 Å². The van der Waals surface area contributed by atoms with Crippen molar-refractivity contribution in [1.82, 2.24) is 9.55 Å². The number of rotatable bonds is 7. The van der Waals surface area contributed by atoms with Gasteiger partial charge in [-0.3, -0.25) is 0 Å². The van der Waals surface area contributed by atoms with Crippen molar-refractivity contribution in [3.63, 3.8) is 0 Å². The van der Waals surface area contributed by atoms with Crippen molar-refractivity contribution in [2.24, 2.45) is 0 Å². The van der Waals surface area contributed by atoms with Gasteiger partial charge in [0.1, 0.15) is 0 Å². The van der Waals surface area contributed by atoms with Crippen LogP contribution in [0.15, 0.2) is 76.6 Å². The summed E-state index contributed by atoms with van der Waals surface area (Å²) in [7, 11) is 0.